The van der Waals surface area contributed by atoms with Crippen LogP contribution in [0.15, 0.2) is 30.5 Å². The lowest BCUT2D eigenvalue weighted by Crippen LogP contribution is -2.21. The summed E-state index contributed by atoms with van der Waals surface area (Å²) >= 11 is 1.74. The van der Waals surface area contributed by atoms with Gasteiger partial charge in [-0.1, -0.05) is 26.0 Å². The maximum Gasteiger partial charge on any atom is 0.115 e. The van der Waals surface area contributed by atoms with Crippen LogP contribution in [0, 0.1) is 6.92 Å². The number of benzene rings is 1. The molecule has 0 saturated carbocycles. The van der Waals surface area contributed by atoms with E-state index in [9.17, 15) is 0 Å². The van der Waals surface area contributed by atoms with Crippen LogP contribution in [-0.4, -0.2) is 20.8 Å². The summed E-state index contributed by atoms with van der Waals surface area (Å²) in [5.74, 6) is 0. The number of nitrogens with zero attached hydrogens (tertiary/aromatic N) is 3. The molecule has 5 heteroatoms. The van der Waals surface area contributed by atoms with E-state index in [1.807, 2.05) is 10.7 Å². The average molecular weight is 300 g/mol. The SMILES string of the molecule is Cc1nn(Cc2nc3ccccc3s2)cc1CNC(C)C. The van der Waals surface area contributed by atoms with E-state index < -0.39 is 0 Å². The first-order chi connectivity index (χ1) is 10.1. The van der Waals surface area contributed by atoms with Crippen LogP contribution < -0.4 is 5.32 Å². The van der Waals surface area contributed by atoms with Gasteiger partial charge in [-0.05, 0) is 19.1 Å². The molecule has 3 aromatic rings. The Kier molecular flexibility index (Phi) is 4.03. The summed E-state index contributed by atoms with van der Waals surface area (Å²) in [4.78, 5) is 4.66. The molecule has 3 rings (SSSR count). The van der Waals surface area contributed by atoms with Gasteiger partial charge in [-0.2, -0.15) is 5.10 Å². The van der Waals surface area contributed by atoms with Crippen LogP contribution in [0.3, 0.4) is 0 Å². The molecule has 0 saturated heterocycles. The molecule has 0 spiro atoms. The van der Waals surface area contributed by atoms with Crippen molar-refractivity contribution in [2.75, 3.05) is 0 Å². The first kappa shape index (κ1) is 14.2. The van der Waals surface area contributed by atoms with Gasteiger partial charge in [0.1, 0.15) is 5.01 Å². The number of para-hydroxylation sites is 1. The first-order valence-corrected chi connectivity index (χ1v) is 8.04. The topological polar surface area (TPSA) is 42.7 Å². The highest BCUT2D eigenvalue weighted by Crippen LogP contribution is 2.22. The van der Waals surface area contributed by atoms with Gasteiger partial charge in [0, 0.05) is 24.3 Å². The molecule has 0 aliphatic rings. The third kappa shape index (κ3) is 3.31. The second kappa shape index (κ2) is 5.95. The molecule has 0 atom stereocenters. The summed E-state index contributed by atoms with van der Waals surface area (Å²) in [5.41, 5.74) is 3.41. The van der Waals surface area contributed by atoms with Crippen LogP contribution in [0.5, 0.6) is 0 Å². The predicted octanol–water partition coefficient (Wildman–Crippen LogP) is 3.35. The summed E-state index contributed by atoms with van der Waals surface area (Å²) in [7, 11) is 0. The Labute approximate surface area is 128 Å². The number of aryl methyl sites for hydroxylation is 1. The quantitative estimate of drug-likeness (QED) is 0.786. The van der Waals surface area contributed by atoms with Crippen LogP contribution in [0.1, 0.15) is 30.1 Å². The lowest BCUT2D eigenvalue weighted by molar-refractivity contribution is 0.587. The number of rotatable bonds is 5. The summed E-state index contributed by atoms with van der Waals surface area (Å²) in [6, 6.07) is 8.74. The van der Waals surface area contributed by atoms with Gasteiger partial charge >= 0.3 is 0 Å². The van der Waals surface area contributed by atoms with Gasteiger partial charge in [0.05, 0.1) is 22.5 Å². The minimum atomic E-state index is 0.483. The molecule has 2 heterocycles. The van der Waals surface area contributed by atoms with Crippen LogP contribution in [0.2, 0.25) is 0 Å². The zero-order valence-corrected chi connectivity index (χ0v) is 13.4. The smallest absolute Gasteiger partial charge is 0.115 e. The first-order valence-electron chi connectivity index (χ1n) is 7.22. The Morgan fingerprint density at radius 1 is 1.29 bits per heavy atom. The van der Waals surface area contributed by atoms with E-state index >= 15 is 0 Å². The number of thiazole rings is 1. The summed E-state index contributed by atoms with van der Waals surface area (Å²) < 4.78 is 3.22. The molecule has 0 bridgehead atoms. The average Bonchev–Trinajstić information content (AvgIpc) is 2.99. The van der Waals surface area contributed by atoms with Crippen molar-refractivity contribution in [3.05, 3.63) is 46.7 Å². The van der Waals surface area contributed by atoms with Crippen molar-refractivity contribution in [1.29, 1.82) is 0 Å². The predicted molar refractivity (Wildman–Crippen MR) is 87.7 cm³/mol. The van der Waals surface area contributed by atoms with Crippen molar-refractivity contribution in [1.82, 2.24) is 20.1 Å². The monoisotopic (exact) mass is 300 g/mol. The van der Waals surface area contributed by atoms with E-state index in [1.165, 1.54) is 10.3 Å². The van der Waals surface area contributed by atoms with Gasteiger partial charge in [0.15, 0.2) is 0 Å². The summed E-state index contributed by atoms with van der Waals surface area (Å²) in [6.07, 6.45) is 2.12. The molecular weight excluding hydrogens is 280 g/mol. The Morgan fingerprint density at radius 3 is 2.86 bits per heavy atom. The highest BCUT2D eigenvalue weighted by Gasteiger charge is 2.08. The molecule has 1 N–H and O–H groups in total. The van der Waals surface area contributed by atoms with Crippen molar-refractivity contribution in [2.24, 2.45) is 0 Å². The van der Waals surface area contributed by atoms with Crippen molar-refractivity contribution in [3.8, 4) is 0 Å². The molecule has 2 aromatic heterocycles. The van der Waals surface area contributed by atoms with E-state index in [0.717, 1.165) is 29.3 Å². The zero-order valence-electron chi connectivity index (χ0n) is 12.6. The Bertz CT molecular complexity index is 709. The van der Waals surface area contributed by atoms with Crippen molar-refractivity contribution >= 4 is 21.6 Å². The van der Waals surface area contributed by atoms with Gasteiger partial charge in [0.25, 0.3) is 0 Å². The summed E-state index contributed by atoms with van der Waals surface area (Å²) in [5, 5.41) is 9.13. The molecule has 0 unspecified atom stereocenters. The van der Waals surface area contributed by atoms with Crippen LogP contribution in [0.4, 0.5) is 0 Å². The van der Waals surface area contributed by atoms with Gasteiger partial charge < -0.3 is 5.32 Å². The van der Waals surface area contributed by atoms with Crippen LogP contribution >= 0.6 is 11.3 Å². The largest absolute Gasteiger partial charge is 0.310 e. The Balaban J connectivity index is 1.76. The van der Waals surface area contributed by atoms with Crippen molar-refractivity contribution in [3.63, 3.8) is 0 Å². The molecule has 0 aliphatic heterocycles. The zero-order chi connectivity index (χ0) is 14.8. The lowest BCUT2D eigenvalue weighted by Gasteiger charge is -2.06. The second-order valence-electron chi connectivity index (χ2n) is 5.55. The third-order valence-corrected chi connectivity index (χ3v) is 4.41. The maximum atomic E-state index is 4.66. The Hall–Kier alpha value is -1.72. The highest BCUT2D eigenvalue weighted by atomic mass is 32.1. The normalized spacial score (nSPS) is 11.6. The Morgan fingerprint density at radius 2 is 2.10 bits per heavy atom. The molecule has 0 aliphatic carbocycles. The van der Waals surface area contributed by atoms with Crippen LogP contribution in [0.25, 0.3) is 10.2 Å². The van der Waals surface area contributed by atoms with Gasteiger partial charge in [-0.3, -0.25) is 4.68 Å². The fraction of sp³-hybridized carbons (Fsp3) is 0.375. The molecule has 1 aromatic carbocycles. The number of hydrogen-bond acceptors (Lipinski definition) is 4. The molecular formula is C16H20N4S. The van der Waals surface area contributed by atoms with E-state index in [2.05, 4.69) is 60.6 Å². The van der Waals surface area contributed by atoms with E-state index in [4.69, 9.17) is 0 Å². The molecule has 110 valence electrons. The number of fused-ring (bicyclic) bond motifs is 1. The van der Waals surface area contributed by atoms with Gasteiger partial charge in [-0.15, -0.1) is 11.3 Å². The van der Waals surface area contributed by atoms with E-state index in [-0.39, 0.29) is 0 Å². The molecule has 0 radical (unpaired) electrons. The highest BCUT2D eigenvalue weighted by molar-refractivity contribution is 7.18. The fourth-order valence-corrected chi connectivity index (χ4v) is 3.21. The molecule has 0 fully saturated rings. The molecule has 21 heavy (non-hydrogen) atoms. The number of aromatic nitrogens is 3. The van der Waals surface area contributed by atoms with Gasteiger partial charge in [0.2, 0.25) is 0 Å². The van der Waals surface area contributed by atoms with Gasteiger partial charge in [-0.25, -0.2) is 4.98 Å². The minimum Gasteiger partial charge on any atom is -0.310 e. The standard InChI is InChI=1S/C16H20N4S/c1-11(2)17-8-13-9-20(19-12(13)3)10-16-18-14-6-4-5-7-15(14)21-16/h4-7,9,11,17H,8,10H2,1-3H3. The fourth-order valence-electron chi connectivity index (χ4n) is 2.25. The molecule has 0 amide bonds. The van der Waals surface area contributed by atoms with Crippen LogP contribution in [-0.2, 0) is 13.1 Å². The molecule has 4 nitrogen and oxygen atoms in total. The van der Waals surface area contributed by atoms with Crippen molar-refractivity contribution in [2.45, 2.75) is 39.9 Å². The third-order valence-electron chi connectivity index (χ3n) is 3.38. The van der Waals surface area contributed by atoms with E-state index in [1.54, 1.807) is 11.3 Å². The maximum absolute atomic E-state index is 4.66. The second-order valence-corrected chi connectivity index (χ2v) is 6.66. The summed E-state index contributed by atoms with van der Waals surface area (Å²) in [6.45, 7) is 7.97. The lowest BCUT2D eigenvalue weighted by atomic mass is 10.2. The van der Waals surface area contributed by atoms with Crippen molar-refractivity contribution < 1.29 is 0 Å². The number of nitrogens with one attached hydrogen (secondary N) is 1. The van der Waals surface area contributed by atoms with E-state index in [0.29, 0.717) is 6.04 Å². The minimum absolute atomic E-state index is 0.483. The number of hydrogen-bond donors (Lipinski definition) is 1.